The minimum atomic E-state index is -0.554. The maximum Gasteiger partial charge on any atom is 0.269 e. The van der Waals surface area contributed by atoms with Crippen LogP contribution in [-0.4, -0.2) is 29.3 Å². The lowest BCUT2D eigenvalue weighted by atomic mass is 10.1. The fourth-order valence-electron chi connectivity index (χ4n) is 1.65. The third-order valence-electron chi connectivity index (χ3n) is 2.60. The Labute approximate surface area is 97.9 Å². The zero-order valence-corrected chi connectivity index (χ0v) is 9.11. The molecule has 0 bridgehead atoms. The minimum Gasteiger partial charge on any atom is -0.394 e. The first-order valence-electron chi connectivity index (χ1n) is 5.33. The van der Waals surface area contributed by atoms with E-state index in [0.717, 1.165) is 0 Å². The smallest absolute Gasteiger partial charge is 0.269 e. The maximum absolute atomic E-state index is 10.5. The van der Waals surface area contributed by atoms with Gasteiger partial charge < -0.3 is 14.6 Å². The second kappa shape index (κ2) is 5.22. The van der Waals surface area contributed by atoms with Crippen LogP contribution in [0.1, 0.15) is 18.3 Å². The number of nitrogens with zero attached hydrogens (tertiary/aromatic N) is 1. The lowest BCUT2D eigenvalue weighted by Crippen LogP contribution is -2.29. The molecule has 1 saturated heterocycles. The molecule has 1 heterocycles. The summed E-state index contributed by atoms with van der Waals surface area (Å²) in [6, 6.07) is 6.01. The van der Waals surface area contributed by atoms with E-state index in [0.29, 0.717) is 18.6 Å². The summed E-state index contributed by atoms with van der Waals surface area (Å²) in [6.07, 6.45) is -0.134. The minimum absolute atomic E-state index is 0.0308. The summed E-state index contributed by atoms with van der Waals surface area (Å²) < 4.78 is 10.9. The van der Waals surface area contributed by atoms with Gasteiger partial charge in [0.15, 0.2) is 6.29 Å². The van der Waals surface area contributed by atoms with Crippen LogP contribution in [0.4, 0.5) is 5.69 Å². The fourth-order valence-corrected chi connectivity index (χ4v) is 1.65. The van der Waals surface area contributed by atoms with Crippen molar-refractivity contribution in [3.05, 3.63) is 39.9 Å². The van der Waals surface area contributed by atoms with E-state index in [1.54, 1.807) is 12.1 Å². The van der Waals surface area contributed by atoms with E-state index in [1.807, 2.05) is 0 Å². The first kappa shape index (κ1) is 12.0. The van der Waals surface area contributed by atoms with Crippen molar-refractivity contribution in [1.82, 2.24) is 0 Å². The highest BCUT2D eigenvalue weighted by molar-refractivity contribution is 5.33. The molecule has 0 radical (unpaired) electrons. The van der Waals surface area contributed by atoms with Gasteiger partial charge >= 0.3 is 0 Å². The molecule has 0 aliphatic carbocycles. The van der Waals surface area contributed by atoms with Crippen molar-refractivity contribution < 1.29 is 19.5 Å². The second-order valence-corrected chi connectivity index (χ2v) is 3.78. The number of nitro groups is 1. The molecular weight excluding hydrogens is 226 g/mol. The Kier molecular flexibility index (Phi) is 3.68. The molecule has 0 spiro atoms. The first-order valence-corrected chi connectivity index (χ1v) is 5.33. The molecule has 1 aliphatic rings. The van der Waals surface area contributed by atoms with Gasteiger partial charge in [0.1, 0.15) is 0 Å². The Bertz CT molecular complexity index is 391. The van der Waals surface area contributed by atoms with Gasteiger partial charge in [0, 0.05) is 17.7 Å². The predicted octanol–water partition coefficient (Wildman–Crippen LogP) is 1.39. The van der Waals surface area contributed by atoms with Gasteiger partial charge in [-0.1, -0.05) is 0 Å². The Morgan fingerprint density at radius 3 is 2.71 bits per heavy atom. The average molecular weight is 239 g/mol. The highest BCUT2D eigenvalue weighted by Gasteiger charge is 2.24. The van der Waals surface area contributed by atoms with E-state index in [4.69, 9.17) is 14.6 Å². The van der Waals surface area contributed by atoms with Gasteiger partial charge in [-0.25, -0.2) is 0 Å². The normalized spacial score (nSPS) is 24.5. The van der Waals surface area contributed by atoms with Crippen LogP contribution in [0.5, 0.6) is 0 Å². The highest BCUT2D eigenvalue weighted by atomic mass is 16.7. The number of hydrogen-bond donors (Lipinski definition) is 1. The van der Waals surface area contributed by atoms with Gasteiger partial charge in [0.2, 0.25) is 0 Å². The fraction of sp³-hybridized carbons (Fsp3) is 0.455. The van der Waals surface area contributed by atoms with E-state index >= 15 is 0 Å². The van der Waals surface area contributed by atoms with Crippen LogP contribution in [0.2, 0.25) is 0 Å². The van der Waals surface area contributed by atoms with Gasteiger partial charge in [-0.15, -0.1) is 0 Å². The molecule has 6 heteroatoms. The van der Waals surface area contributed by atoms with Crippen LogP contribution in [0.25, 0.3) is 0 Å². The Balaban J connectivity index is 2.08. The van der Waals surface area contributed by atoms with Crippen molar-refractivity contribution in [2.24, 2.45) is 0 Å². The van der Waals surface area contributed by atoms with Crippen LogP contribution in [0.15, 0.2) is 24.3 Å². The molecule has 1 aromatic rings. The van der Waals surface area contributed by atoms with Crippen molar-refractivity contribution in [3.63, 3.8) is 0 Å². The molecule has 0 saturated carbocycles. The monoisotopic (exact) mass is 239 g/mol. The molecular formula is C11H13NO5. The van der Waals surface area contributed by atoms with Crippen molar-refractivity contribution in [2.75, 3.05) is 13.2 Å². The van der Waals surface area contributed by atoms with E-state index in [-0.39, 0.29) is 18.4 Å². The van der Waals surface area contributed by atoms with Crippen LogP contribution in [0, 0.1) is 10.1 Å². The average Bonchev–Trinajstić information content (AvgIpc) is 2.39. The van der Waals surface area contributed by atoms with E-state index in [2.05, 4.69) is 0 Å². The Hall–Kier alpha value is -1.50. The van der Waals surface area contributed by atoms with Crippen molar-refractivity contribution in [3.8, 4) is 0 Å². The van der Waals surface area contributed by atoms with Crippen LogP contribution >= 0.6 is 0 Å². The summed E-state index contributed by atoms with van der Waals surface area (Å²) in [4.78, 5) is 10.0. The summed E-state index contributed by atoms with van der Waals surface area (Å²) >= 11 is 0. The molecule has 0 unspecified atom stereocenters. The quantitative estimate of drug-likeness (QED) is 0.636. The third-order valence-corrected chi connectivity index (χ3v) is 2.60. The predicted molar refractivity (Wildman–Crippen MR) is 58.4 cm³/mol. The standard InChI is InChI=1S/C11H13NO5/c13-7-10-5-6-16-11(17-10)8-1-3-9(4-2-8)12(14)15/h1-4,10-11,13H,5-7H2/t10-,11-/m0/s1. The van der Waals surface area contributed by atoms with Crippen molar-refractivity contribution >= 4 is 5.69 Å². The molecule has 1 aromatic carbocycles. The summed E-state index contributed by atoms with van der Waals surface area (Å²) in [5.74, 6) is 0. The summed E-state index contributed by atoms with van der Waals surface area (Å²) in [5.41, 5.74) is 0.747. The van der Waals surface area contributed by atoms with Gasteiger partial charge in [0.25, 0.3) is 5.69 Å². The first-order chi connectivity index (χ1) is 8.20. The molecule has 1 aliphatic heterocycles. The summed E-state index contributed by atoms with van der Waals surface area (Å²) in [7, 11) is 0. The van der Waals surface area contributed by atoms with Crippen LogP contribution in [0.3, 0.4) is 0 Å². The molecule has 2 rings (SSSR count). The third kappa shape index (κ3) is 2.79. The van der Waals surface area contributed by atoms with Gasteiger partial charge in [0.05, 0.1) is 24.2 Å². The van der Waals surface area contributed by atoms with Gasteiger partial charge in [-0.3, -0.25) is 10.1 Å². The molecule has 1 fully saturated rings. The zero-order chi connectivity index (χ0) is 12.3. The number of ether oxygens (including phenoxy) is 2. The molecule has 0 aromatic heterocycles. The Morgan fingerprint density at radius 1 is 1.41 bits per heavy atom. The number of aliphatic hydroxyl groups excluding tert-OH is 1. The SMILES string of the molecule is O=[N+]([O-])c1ccc([C@H]2OCC[C@@H](CO)O2)cc1. The largest absolute Gasteiger partial charge is 0.394 e. The van der Waals surface area contributed by atoms with E-state index < -0.39 is 11.2 Å². The van der Waals surface area contributed by atoms with Gasteiger partial charge in [-0.2, -0.15) is 0 Å². The van der Waals surface area contributed by atoms with Crippen LogP contribution < -0.4 is 0 Å². The number of benzene rings is 1. The molecule has 1 N–H and O–H groups in total. The van der Waals surface area contributed by atoms with E-state index in [1.165, 1.54) is 12.1 Å². The topological polar surface area (TPSA) is 81.8 Å². The lowest BCUT2D eigenvalue weighted by Gasteiger charge is -2.29. The van der Waals surface area contributed by atoms with Crippen molar-refractivity contribution in [1.29, 1.82) is 0 Å². The second-order valence-electron chi connectivity index (χ2n) is 3.78. The van der Waals surface area contributed by atoms with Crippen LogP contribution in [-0.2, 0) is 9.47 Å². The molecule has 2 atom stereocenters. The number of non-ortho nitro benzene ring substituents is 1. The Morgan fingerprint density at radius 2 is 2.12 bits per heavy atom. The number of hydrogen-bond acceptors (Lipinski definition) is 5. The molecule has 6 nitrogen and oxygen atoms in total. The number of nitro benzene ring substituents is 1. The highest BCUT2D eigenvalue weighted by Crippen LogP contribution is 2.27. The summed E-state index contributed by atoms with van der Waals surface area (Å²) in [5, 5.41) is 19.5. The molecule has 17 heavy (non-hydrogen) atoms. The van der Waals surface area contributed by atoms with E-state index in [9.17, 15) is 10.1 Å². The van der Waals surface area contributed by atoms with Gasteiger partial charge in [-0.05, 0) is 18.6 Å². The summed E-state index contributed by atoms with van der Waals surface area (Å²) in [6.45, 7) is 0.458. The van der Waals surface area contributed by atoms with Crippen molar-refractivity contribution in [2.45, 2.75) is 18.8 Å². The molecule has 0 amide bonds. The number of rotatable bonds is 3. The lowest BCUT2D eigenvalue weighted by molar-refractivity contribution is -0.384. The maximum atomic E-state index is 10.5. The molecule has 92 valence electrons. The zero-order valence-electron chi connectivity index (χ0n) is 9.11. The number of aliphatic hydroxyl groups is 1.